The molecule has 2 aliphatic rings. The Labute approximate surface area is 132 Å². The fourth-order valence-corrected chi connectivity index (χ4v) is 3.52. The van der Waals surface area contributed by atoms with Gasteiger partial charge >= 0.3 is 5.69 Å². The van der Waals surface area contributed by atoms with Crippen molar-refractivity contribution in [1.82, 2.24) is 18.9 Å². The van der Waals surface area contributed by atoms with Crippen molar-refractivity contribution < 1.29 is 9.59 Å². The Balaban J connectivity index is 2.03. The molecule has 124 valence electrons. The van der Waals surface area contributed by atoms with Gasteiger partial charge in [0.2, 0.25) is 5.91 Å². The van der Waals surface area contributed by atoms with Crippen LogP contribution < -0.4 is 11.2 Å². The molecule has 1 aromatic rings. The fraction of sp³-hybridized carbons (Fsp3) is 0.600. The predicted molar refractivity (Wildman–Crippen MR) is 82.2 cm³/mol. The monoisotopic (exact) mass is 320 g/mol. The maximum absolute atomic E-state index is 13.0. The summed E-state index contributed by atoms with van der Waals surface area (Å²) in [4.78, 5) is 52.2. The van der Waals surface area contributed by atoms with Gasteiger partial charge in [-0.3, -0.25) is 23.5 Å². The van der Waals surface area contributed by atoms with Crippen molar-refractivity contribution in [3.63, 3.8) is 0 Å². The number of amides is 2. The number of carbonyl (C=O) groups excluding carboxylic acids is 2. The van der Waals surface area contributed by atoms with Crippen molar-refractivity contribution in [2.45, 2.75) is 31.3 Å². The number of likely N-dealkylation sites (tertiary alicyclic amines) is 1. The van der Waals surface area contributed by atoms with Crippen molar-refractivity contribution in [3.05, 3.63) is 32.6 Å². The molecule has 0 spiro atoms. The first-order valence-electron chi connectivity index (χ1n) is 7.65. The molecule has 2 fully saturated rings. The minimum absolute atomic E-state index is 0.0212. The summed E-state index contributed by atoms with van der Waals surface area (Å²) in [5.74, 6) is -0.328. The Morgan fingerprint density at radius 3 is 2.39 bits per heavy atom. The smallest absolute Gasteiger partial charge is 0.331 e. The Hall–Kier alpha value is -2.38. The number of nitrogens with zero attached hydrogens (tertiary/aromatic N) is 4. The van der Waals surface area contributed by atoms with Crippen molar-refractivity contribution in [2.24, 2.45) is 14.1 Å². The van der Waals surface area contributed by atoms with Crippen LogP contribution in [0.15, 0.2) is 15.7 Å². The SMILES string of the molecule is CN1C[C@@H]2CC[C@H](CC1=O)N2C(=O)c1cc(=O)n(C)c(=O)n1C. The van der Waals surface area contributed by atoms with Crippen molar-refractivity contribution in [2.75, 3.05) is 13.6 Å². The van der Waals surface area contributed by atoms with Gasteiger partial charge in [0.05, 0.1) is 6.04 Å². The van der Waals surface area contributed by atoms with E-state index in [1.54, 1.807) is 16.8 Å². The van der Waals surface area contributed by atoms with Crippen LogP contribution in [0.3, 0.4) is 0 Å². The molecule has 3 rings (SSSR count). The van der Waals surface area contributed by atoms with Gasteiger partial charge in [-0.05, 0) is 12.8 Å². The molecule has 0 aliphatic carbocycles. The van der Waals surface area contributed by atoms with Crippen LogP contribution in [0.1, 0.15) is 29.8 Å². The van der Waals surface area contributed by atoms with E-state index in [0.717, 1.165) is 17.4 Å². The summed E-state index contributed by atoms with van der Waals surface area (Å²) in [6, 6.07) is 0.965. The summed E-state index contributed by atoms with van der Waals surface area (Å²) < 4.78 is 2.16. The summed E-state index contributed by atoms with van der Waals surface area (Å²) in [7, 11) is 4.59. The lowest BCUT2D eigenvalue weighted by molar-refractivity contribution is -0.130. The van der Waals surface area contributed by atoms with Gasteiger partial charge in [-0.2, -0.15) is 0 Å². The van der Waals surface area contributed by atoms with Gasteiger partial charge in [0.15, 0.2) is 0 Å². The molecule has 0 saturated carbocycles. The molecule has 0 N–H and O–H groups in total. The van der Waals surface area contributed by atoms with Gasteiger partial charge in [0.1, 0.15) is 5.69 Å². The van der Waals surface area contributed by atoms with Crippen LogP contribution in [0.2, 0.25) is 0 Å². The minimum Gasteiger partial charge on any atom is -0.344 e. The van der Waals surface area contributed by atoms with E-state index in [9.17, 15) is 19.2 Å². The first-order chi connectivity index (χ1) is 10.8. The van der Waals surface area contributed by atoms with E-state index < -0.39 is 11.2 Å². The first-order valence-corrected chi connectivity index (χ1v) is 7.65. The average Bonchev–Trinajstić information content (AvgIpc) is 2.84. The Morgan fingerprint density at radius 1 is 1.04 bits per heavy atom. The largest absolute Gasteiger partial charge is 0.344 e. The lowest BCUT2D eigenvalue weighted by atomic mass is 10.1. The van der Waals surface area contributed by atoms with Crippen molar-refractivity contribution >= 4 is 11.8 Å². The molecule has 2 aliphatic heterocycles. The number of hydrogen-bond acceptors (Lipinski definition) is 4. The molecule has 0 unspecified atom stereocenters. The van der Waals surface area contributed by atoms with Gasteiger partial charge in [0, 0.05) is 46.2 Å². The molecule has 2 atom stereocenters. The van der Waals surface area contributed by atoms with Crippen LogP contribution in [0.25, 0.3) is 0 Å². The molecule has 3 heterocycles. The van der Waals surface area contributed by atoms with Crippen molar-refractivity contribution in [3.8, 4) is 0 Å². The second kappa shape index (κ2) is 5.36. The number of fused-ring (bicyclic) bond motifs is 2. The van der Waals surface area contributed by atoms with Crippen molar-refractivity contribution in [1.29, 1.82) is 0 Å². The molecule has 23 heavy (non-hydrogen) atoms. The third-order valence-electron chi connectivity index (χ3n) is 4.92. The molecular formula is C15H20N4O4. The Bertz CT molecular complexity index is 794. The van der Waals surface area contributed by atoms with Gasteiger partial charge < -0.3 is 9.80 Å². The zero-order valence-corrected chi connectivity index (χ0v) is 13.5. The summed E-state index contributed by atoms with van der Waals surface area (Å²) in [5.41, 5.74) is -0.963. The van der Waals surface area contributed by atoms with E-state index in [-0.39, 0.29) is 36.0 Å². The standard InChI is InChI=1S/C15H20N4O4/c1-16-8-10-5-4-9(6-12(16)20)19(10)14(22)11-7-13(21)18(3)15(23)17(11)2/h7,9-10H,4-6,8H2,1-3H3/t9-,10+/m1/s1. The maximum atomic E-state index is 13.0. The van der Waals surface area contributed by atoms with Crippen LogP contribution in [0, 0.1) is 0 Å². The second-order valence-corrected chi connectivity index (χ2v) is 6.34. The quantitative estimate of drug-likeness (QED) is 0.659. The Morgan fingerprint density at radius 2 is 1.70 bits per heavy atom. The van der Waals surface area contributed by atoms with E-state index in [4.69, 9.17) is 0 Å². The zero-order chi connectivity index (χ0) is 16.9. The number of likely N-dealkylation sites (N-methyl/N-ethyl adjacent to an activating group) is 1. The molecule has 0 radical (unpaired) electrons. The number of rotatable bonds is 1. The summed E-state index contributed by atoms with van der Waals surface area (Å²) in [5, 5.41) is 0. The summed E-state index contributed by atoms with van der Waals surface area (Å²) in [6.07, 6.45) is 1.89. The normalized spacial score (nSPS) is 24.0. The van der Waals surface area contributed by atoms with Gasteiger partial charge in [-0.25, -0.2) is 4.79 Å². The van der Waals surface area contributed by atoms with Crippen LogP contribution in [-0.2, 0) is 18.9 Å². The predicted octanol–water partition coefficient (Wildman–Crippen LogP) is -1.08. The van der Waals surface area contributed by atoms with E-state index in [1.807, 2.05) is 0 Å². The molecule has 1 aromatic heterocycles. The molecule has 8 heteroatoms. The highest BCUT2D eigenvalue weighted by molar-refractivity contribution is 5.94. The van der Waals surface area contributed by atoms with Crippen LogP contribution in [0.5, 0.6) is 0 Å². The summed E-state index contributed by atoms with van der Waals surface area (Å²) >= 11 is 0. The summed E-state index contributed by atoms with van der Waals surface area (Å²) in [6.45, 7) is 0.486. The second-order valence-electron chi connectivity index (χ2n) is 6.34. The van der Waals surface area contributed by atoms with E-state index >= 15 is 0 Å². The maximum Gasteiger partial charge on any atom is 0.331 e. The van der Waals surface area contributed by atoms with Gasteiger partial charge in [0.25, 0.3) is 11.5 Å². The molecule has 2 amide bonds. The molecule has 8 nitrogen and oxygen atoms in total. The third-order valence-corrected chi connectivity index (χ3v) is 4.92. The lowest BCUT2D eigenvalue weighted by Gasteiger charge is -2.28. The third kappa shape index (κ3) is 2.38. The van der Waals surface area contributed by atoms with E-state index in [2.05, 4.69) is 0 Å². The number of aromatic nitrogens is 2. The van der Waals surface area contributed by atoms with E-state index in [0.29, 0.717) is 6.54 Å². The molecule has 0 aromatic carbocycles. The zero-order valence-electron chi connectivity index (χ0n) is 13.5. The number of carbonyl (C=O) groups is 2. The average molecular weight is 320 g/mol. The van der Waals surface area contributed by atoms with E-state index in [1.165, 1.54) is 24.7 Å². The molecule has 2 saturated heterocycles. The van der Waals surface area contributed by atoms with Crippen LogP contribution in [0.4, 0.5) is 0 Å². The molecule has 2 bridgehead atoms. The topological polar surface area (TPSA) is 84.6 Å². The highest BCUT2D eigenvalue weighted by Gasteiger charge is 2.42. The van der Waals surface area contributed by atoms with Gasteiger partial charge in [-0.15, -0.1) is 0 Å². The lowest BCUT2D eigenvalue weighted by Crippen LogP contribution is -2.46. The molecular weight excluding hydrogens is 300 g/mol. The fourth-order valence-electron chi connectivity index (χ4n) is 3.52. The number of hydrogen-bond donors (Lipinski definition) is 0. The van der Waals surface area contributed by atoms with Gasteiger partial charge in [-0.1, -0.05) is 0 Å². The first kappa shape index (κ1) is 15.5. The van der Waals surface area contributed by atoms with Crippen LogP contribution in [-0.4, -0.2) is 56.4 Å². The highest BCUT2D eigenvalue weighted by atomic mass is 16.2. The minimum atomic E-state index is -0.531. The Kier molecular flexibility index (Phi) is 3.62. The highest BCUT2D eigenvalue weighted by Crippen LogP contribution is 2.31. The van der Waals surface area contributed by atoms with Crippen LogP contribution >= 0.6 is 0 Å².